The van der Waals surface area contributed by atoms with Gasteiger partial charge in [-0.1, -0.05) is 23.7 Å². The number of hydrogen-bond acceptors (Lipinski definition) is 4. The number of sulfonamides is 1. The van der Waals surface area contributed by atoms with E-state index in [1.807, 2.05) is 0 Å². The van der Waals surface area contributed by atoms with Crippen molar-refractivity contribution in [1.82, 2.24) is 0 Å². The number of anilines is 1. The number of carbonyl (C=O) groups is 1. The van der Waals surface area contributed by atoms with Crippen LogP contribution in [0.5, 0.6) is 5.75 Å². The lowest BCUT2D eigenvalue weighted by molar-refractivity contribution is -0.115. The third kappa shape index (κ3) is 3.08. The molecule has 0 spiro atoms. The molecule has 0 aromatic heterocycles. The monoisotopic (exact) mass is 339 g/mol. The molecule has 1 amide bonds. The maximum Gasteiger partial charge on any atom is 0.271 e. The van der Waals surface area contributed by atoms with Crippen LogP contribution in [-0.2, 0) is 14.8 Å². The second kappa shape index (κ2) is 6.37. The summed E-state index contributed by atoms with van der Waals surface area (Å²) in [5.41, 5.74) is 0.160. The number of methoxy groups -OCH3 is 1. The third-order valence-corrected chi connectivity index (χ3v) is 5.00. The van der Waals surface area contributed by atoms with Gasteiger partial charge in [0.15, 0.2) is 0 Å². The summed E-state index contributed by atoms with van der Waals surface area (Å²) in [5, 5.41) is 0.408. The molecular formula is C15H14ClNO4S. The van der Waals surface area contributed by atoms with Gasteiger partial charge in [-0.15, -0.1) is 0 Å². The highest BCUT2D eigenvalue weighted by molar-refractivity contribution is 7.93. The fourth-order valence-corrected chi connectivity index (χ4v) is 3.54. The quantitative estimate of drug-likeness (QED) is 0.858. The Kier molecular flexibility index (Phi) is 4.73. The number of ether oxygens (including phenoxy) is 1. The van der Waals surface area contributed by atoms with Crippen molar-refractivity contribution in [3.8, 4) is 5.75 Å². The molecule has 0 aliphatic rings. The zero-order chi connectivity index (χ0) is 16.3. The molecule has 0 bridgehead atoms. The molecule has 0 heterocycles. The topological polar surface area (TPSA) is 63.7 Å². The molecule has 0 radical (unpaired) electrons. The Labute approximate surface area is 134 Å². The van der Waals surface area contributed by atoms with Gasteiger partial charge in [-0.25, -0.2) is 8.42 Å². The lowest BCUT2D eigenvalue weighted by Crippen LogP contribution is -2.35. The molecule has 0 saturated carbocycles. The van der Waals surface area contributed by atoms with E-state index in [-0.39, 0.29) is 16.3 Å². The maximum absolute atomic E-state index is 12.8. The smallest absolute Gasteiger partial charge is 0.271 e. The summed E-state index contributed by atoms with van der Waals surface area (Å²) < 4.78 is 31.4. The van der Waals surface area contributed by atoms with E-state index in [0.717, 1.165) is 4.31 Å². The number of hydrogen-bond donors (Lipinski definition) is 0. The van der Waals surface area contributed by atoms with Crippen molar-refractivity contribution in [3.05, 3.63) is 53.6 Å². The zero-order valence-electron chi connectivity index (χ0n) is 12.0. The van der Waals surface area contributed by atoms with E-state index < -0.39 is 15.9 Å². The number of para-hydroxylation sites is 2. The summed E-state index contributed by atoms with van der Waals surface area (Å²) >= 11 is 5.77. The highest BCUT2D eigenvalue weighted by Crippen LogP contribution is 2.32. The summed E-state index contributed by atoms with van der Waals surface area (Å²) in [6.07, 6.45) is 0. The van der Waals surface area contributed by atoms with Crippen LogP contribution in [0, 0.1) is 0 Å². The lowest BCUT2D eigenvalue weighted by Gasteiger charge is -2.22. The average Bonchev–Trinajstić information content (AvgIpc) is 2.47. The highest BCUT2D eigenvalue weighted by atomic mass is 35.5. The fraction of sp³-hybridized carbons (Fsp3) is 0.133. The van der Waals surface area contributed by atoms with Crippen LogP contribution in [0.15, 0.2) is 53.4 Å². The molecule has 0 atom stereocenters. The summed E-state index contributed by atoms with van der Waals surface area (Å²) in [6, 6.07) is 12.0. The molecule has 0 aliphatic heterocycles. The van der Waals surface area contributed by atoms with Gasteiger partial charge in [0.05, 0.1) is 12.0 Å². The second-order valence-corrected chi connectivity index (χ2v) is 6.64. The molecular weight excluding hydrogens is 326 g/mol. The molecule has 7 heteroatoms. The first kappa shape index (κ1) is 16.3. The number of halogens is 1. The van der Waals surface area contributed by atoms with E-state index in [4.69, 9.17) is 16.3 Å². The van der Waals surface area contributed by atoms with Crippen LogP contribution in [0.2, 0.25) is 5.02 Å². The molecule has 0 unspecified atom stereocenters. The van der Waals surface area contributed by atoms with E-state index >= 15 is 0 Å². The van der Waals surface area contributed by atoms with Crippen molar-refractivity contribution >= 4 is 33.2 Å². The maximum atomic E-state index is 12.8. The largest absolute Gasteiger partial charge is 0.495 e. The van der Waals surface area contributed by atoms with Gasteiger partial charge in [0, 0.05) is 11.9 Å². The van der Waals surface area contributed by atoms with Crippen LogP contribution >= 0.6 is 11.6 Å². The van der Waals surface area contributed by atoms with Crippen LogP contribution in [0.1, 0.15) is 6.92 Å². The van der Waals surface area contributed by atoms with Gasteiger partial charge >= 0.3 is 0 Å². The normalized spacial score (nSPS) is 11.0. The van der Waals surface area contributed by atoms with Gasteiger partial charge in [0.2, 0.25) is 5.91 Å². The minimum absolute atomic E-state index is 0.0296. The van der Waals surface area contributed by atoms with Crippen molar-refractivity contribution in [2.24, 2.45) is 0 Å². The van der Waals surface area contributed by atoms with Crippen molar-refractivity contribution in [2.75, 3.05) is 11.4 Å². The van der Waals surface area contributed by atoms with Gasteiger partial charge in [-0.2, -0.15) is 4.31 Å². The Bertz CT molecular complexity index is 787. The van der Waals surface area contributed by atoms with Crippen molar-refractivity contribution in [2.45, 2.75) is 11.8 Å². The van der Waals surface area contributed by atoms with Crippen LogP contribution in [-0.4, -0.2) is 21.4 Å². The van der Waals surface area contributed by atoms with Gasteiger partial charge in [-0.05, 0) is 36.4 Å². The lowest BCUT2D eigenvalue weighted by atomic mass is 10.3. The van der Waals surface area contributed by atoms with Gasteiger partial charge < -0.3 is 4.74 Å². The molecule has 22 heavy (non-hydrogen) atoms. The van der Waals surface area contributed by atoms with Crippen molar-refractivity contribution in [3.63, 3.8) is 0 Å². The molecule has 2 aromatic rings. The van der Waals surface area contributed by atoms with Crippen LogP contribution in [0.25, 0.3) is 0 Å². The minimum atomic E-state index is -4.06. The zero-order valence-corrected chi connectivity index (χ0v) is 13.6. The predicted molar refractivity (Wildman–Crippen MR) is 84.8 cm³/mol. The highest BCUT2D eigenvalue weighted by Gasteiger charge is 2.30. The van der Waals surface area contributed by atoms with Crippen molar-refractivity contribution < 1.29 is 17.9 Å². The molecule has 2 rings (SSSR count). The summed E-state index contributed by atoms with van der Waals surface area (Å²) in [7, 11) is -2.65. The van der Waals surface area contributed by atoms with E-state index in [1.54, 1.807) is 18.2 Å². The first-order valence-electron chi connectivity index (χ1n) is 6.32. The summed E-state index contributed by atoms with van der Waals surface area (Å²) in [4.78, 5) is 11.9. The van der Waals surface area contributed by atoms with E-state index in [2.05, 4.69) is 0 Å². The van der Waals surface area contributed by atoms with Gasteiger partial charge in [0.1, 0.15) is 11.4 Å². The molecule has 2 aromatic carbocycles. The minimum Gasteiger partial charge on any atom is -0.495 e. The summed E-state index contributed by atoms with van der Waals surface area (Å²) in [6.45, 7) is 1.18. The Hall–Kier alpha value is -2.05. The molecule has 0 saturated heterocycles. The van der Waals surface area contributed by atoms with E-state index in [9.17, 15) is 13.2 Å². The number of carbonyl (C=O) groups excluding carboxylic acids is 1. The van der Waals surface area contributed by atoms with Crippen LogP contribution in [0.4, 0.5) is 5.69 Å². The Balaban J connectivity index is 2.61. The van der Waals surface area contributed by atoms with Crippen molar-refractivity contribution in [1.29, 1.82) is 0 Å². The molecule has 116 valence electrons. The predicted octanol–water partition coefficient (Wildman–Crippen LogP) is 3.09. The van der Waals surface area contributed by atoms with Crippen LogP contribution < -0.4 is 9.04 Å². The molecule has 0 N–H and O–H groups in total. The molecule has 0 aliphatic carbocycles. The third-order valence-electron chi connectivity index (χ3n) is 2.94. The van der Waals surface area contributed by atoms with Gasteiger partial charge in [-0.3, -0.25) is 4.79 Å². The Morgan fingerprint density at radius 3 is 2.23 bits per heavy atom. The SMILES string of the molecule is COc1ccccc1N(C(C)=O)S(=O)(=O)c1ccc(Cl)cc1. The fourth-order valence-electron chi connectivity index (χ4n) is 1.98. The first-order valence-corrected chi connectivity index (χ1v) is 8.14. The second-order valence-electron chi connectivity index (χ2n) is 4.41. The first-order chi connectivity index (χ1) is 10.4. The molecule has 5 nitrogen and oxygen atoms in total. The number of rotatable bonds is 4. The number of benzene rings is 2. The Morgan fingerprint density at radius 2 is 1.68 bits per heavy atom. The number of nitrogens with zero attached hydrogens (tertiary/aromatic N) is 1. The van der Waals surface area contributed by atoms with Gasteiger partial charge in [0.25, 0.3) is 10.0 Å². The van der Waals surface area contributed by atoms with E-state index in [0.29, 0.717) is 5.02 Å². The van der Waals surface area contributed by atoms with Crippen LogP contribution in [0.3, 0.4) is 0 Å². The summed E-state index contributed by atoms with van der Waals surface area (Å²) in [5.74, 6) is -0.352. The average molecular weight is 340 g/mol. The Morgan fingerprint density at radius 1 is 1.09 bits per heavy atom. The standard InChI is InChI=1S/C15H14ClNO4S/c1-11(18)17(14-5-3-4-6-15(14)21-2)22(19,20)13-9-7-12(16)8-10-13/h3-10H,1-2H3. The number of amides is 1. The molecule has 0 fully saturated rings. The van der Waals surface area contributed by atoms with E-state index in [1.165, 1.54) is 44.4 Å².